The molecule has 2 saturated heterocycles. The first-order chi connectivity index (χ1) is 36.7. The van der Waals surface area contributed by atoms with E-state index in [1.807, 2.05) is 77.0 Å². The number of likely N-dealkylation sites (N-methyl/N-ethyl adjacent to an activating group) is 2. The second-order valence-corrected chi connectivity index (χ2v) is 20.0. The van der Waals surface area contributed by atoms with Crippen molar-refractivity contribution in [3.05, 3.63) is 118 Å². The molecule has 0 saturated carbocycles. The minimum Gasteiger partial charge on any atom is -0.478 e. The number of methoxy groups -OCH3 is 2. The number of anilines is 6. The molecule has 2 aliphatic heterocycles. The van der Waals surface area contributed by atoms with E-state index in [0.717, 1.165) is 145 Å². The van der Waals surface area contributed by atoms with Crippen molar-refractivity contribution in [1.82, 2.24) is 59.1 Å². The number of aromatic nitrogens is 8. The highest BCUT2D eigenvalue weighted by molar-refractivity contribution is 5.99. The van der Waals surface area contributed by atoms with E-state index < -0.39 is 0 Å². The maximum Gasteiger partial charge on any atom is 0.256 e. The third-order valence-corrected chi connectivity index (χ3v) is 14.7. The number of nitrogens with one attached hydrogen (secondary N) is 4. The van der Waals surface area contributed by atoms with Crippen molar-refractivity contribution >= 4 is 57.6 Å². The number of ether oxygens (including phenoxy) is 2. The number of amides is 2. The molecule has 4 aliphatic rings. The van der Waals surface area contributed by atoms with Gasteiger partial charge in [0, 0.05) is 101 Å². The molecule has 0 bridgehead atoms. The summed E-state index contributed by atoms with van der Waals surface area (Å²) in [6.07, 6.45) is 14.7. The van der Waals surface area contributed by atoms with Crippen LogP contribution >= 0.6 is 0 Å². The molecule has 4 aromatic heterocycles. The number of hydrogen-bond donors (Lipinski definition) is 4. The van der Waals surface area contributed by atoms with Crippen molar-refractivity contribution < 1.29 is 19.1 Å². The van der Waals surface area contributed by atoms with Gasteiger partial charge in [0.05, 0.1) is 50.1 Å². The first-order valence-corrected chi connectivity index (χ1v) is 26.2. The molecule has 0 unspecified atom stereocenters. The van der Waals surface area contributed by atoms with Crippen LogP contribution in [-0.4, -0.2) is 164 Å². The molecule has 2 fully saturated rings. The van der Waals surface area contributed by atoms with Crippen LogP contribution in [0.4, 0.5) is 34.6 Å². The van der Waals surface area contributed by atoms with Crippen LogP contribution in [-0.2, 0) is 36.5 Å². The van der Waals surface area contributed by atoms with Crippen LogP contribution in [0.3, 0.4) is 0 Å². The van der Waals surface area contributed by atoms with Crippen LogP contribution in [0.15, 0.2) is 73.3 Å². The molecule has 6 heterocycles. The smallest absolute Gasteiger partial charge is 0.256 e. The largest absolute Gasteiger partial charge is 0.478 e. The van der Waals surface area contributed by atoms with E-state index in [4.69, 9.17) is 19.4 Å². The number of allylic oxidation sites excluding steroid dienone is 2. The summed E-state index contributed by atoms with van der Waals surface area (Å²) in [6.45, 7) is 15.8. The summed E-state index contributed by atoms with van der Waals surface area (Å²) >= 11 is 0. The lowest BCUT2D eigenvalue weighted by atomic mass is 9.99. The SMILES string of the molecule is CC[C@@H](C(=O)Nc1cccc2c1CC=C2c1nc(Nc2cn(C)nc2OC)ncc1C)N1CCN(C)CC1.CC[C@H](C(=O)Nc1cccc2c1CC=C2c1nc(Nc2cn(C)nc2OC)ncc1C)N1CCN(C)CC1. The molecule has 4 N–H and O–H groups in total. The Labute approximate surface area is 445 Å². The number of carbonyl (C=O) groups is 2. The minimum absolute atomic E-state index is 0.0639. The first kappa shape index (κ1) is 53.3. The lowest BCUT2D eigenvalue weighted by molar-refractivity contribution is -0.122. The fraction of sp³-hybridized carbons (Fsp3) is 0.429. The van der Waals surface area contributed by atoms with E-state index >= 15 is 0 Å². The normalized spacial score (nSPS) is 16.6. The molecule has 20 heteroatoms. The summed E-state index contributed by atoms with van der Waals surface area (Å²) in [6, 6.07) is 11.9. The predicted molar refractivity (Wildman–Crippen MR) is 298 cm³/mol. The molecular formula is C56H72N16O4. The second-order valence-electron chi connectivity index (χ2n) is 20.0. The van der Waals surface area contributed by atoms with E-state index in [0.29, 0.717) is 35.0 Å². The summed E-state index contributed by atoms with van der Waals surface area (Å²) in [7, 11) is 11.1. The quantitative estimate of drug-likeness (QED) is 0.0824. The number of benzene rings is 2. The van der Waals surface area contributed by atoms with Crippen LogP contribution in [0.1, 0.15) is 71.5 Å². The van der Waals surface area contributed by atoms with E-state index in [1.54, 1.807) is 23.6 Å². The molecule has 0 spiro atoms. The third kappa shape index (κ3) is 11.6. The summed E-state index contributed by atoms with van der Waals surface area (Å²) in [5, 5.41) is 21.5. The van der Waals surface area contributed by atoms with E-state index in [1.165, 1.54) is 0 Å². The van der Waals surface area contributed by atoms with Crippen molar-refractivity contribution in [1.29, 1.82) is 0 Å². The first-order valence-electron chi connectivity index (χ1n) is 26.2. The van der Waals surface area contributed by atoms with Crippen molar-refractivity contribution in [2.45, 2.75) is 65.5 Å². The number of carbonyl (C=O) groups excluding carboxylic acids is 2. The Hall–Kier alpha value is -7.52. The Morgan fingerprint density at radius 2 is 0.974 bits per heavy atom. The lowest BCUT2D eigenvalue weighted by Crippen LogP contribution is -2.52. The van der Waals surface area contributed by atoms with Gasteiger partial charge in [-0.2, -0.15) is 0 Å². The van der Waals surface area contributed by atoms with Crippen LogP contribution in [0.25, 0.3) is 11.1 Å². The van der Waals surface area contributed by atoms with Gasteiger partial charge >= 0.3 is 0 Å². The van der Waals surface area contributed by atoms with Crippen molar-refractivity contribution in [2.24, 2.45) is 14.1 Å². The summed E-state index contributed by atoms with van der Waals surface area (Å²) in [5.74, 6) is 2.02. The Kier molecular flexibility index (Phi) is 16.5. The van der Waals surface area contributed by atoms with Gasteiger partial charge in [-0.3, -0.25) is 28.8 Å². The van der Waals surface area contributed by atoms with E-state index in [2.05, 4.69) is 113 Å². The summed E-state index contributed by atoms with van der Waals surface area (Å²) in [5.41, 5.74) is 13.3. The summed E-state index contributed by atoms with van der Waals surface area (Å²) in [4.78, 5) is 54.6. The Morgan fingerprint density at radius 1 is 0.579 bits per heavy atom. The molecule has 400 valence electrons. The number of rotatable bonds is 16. The number of aryl methyl sites for hydroxylation is 4. The number of piperazine rings is 2. The molecular weight excluding hydrogens is 961 g/mol. The van der Waals surface area contributed by atoms with Gasteiger partial charge in [-0.25, -0.2) is 19.9 Å². The predicted octanol–water partition coefficient (Wildman–Crippen LogP) is 6.45. The van der Waals surface area contributed by atoms with Gasteiger partial charge in [-0.05, 0) is 99.1 Å². The van der Waals surface area contributed by atoms with Gasteiger partial charge in [0.1, 0.15) is 11.4 Å². The number of fused-ring (bicyclic) bond motifs is 2. The molecule has 2 amide bonds. The highest BCUT2D eigenvalue weighted by atomic mass is 16.5. The highest BCUT2D eigenvalue weighted by Gasteiger charge is 2.31. The standard InChI is InChI=1S/2C28H36N8O2/c2*1-6-24(36-14-12-34(3)13-15-36)26(37)30-22-9-7-8-19-20(22)10-11-21(19)25-18(2)16-29-28(32-25)31-23-17-35(4)33-27(23)38-5/h2*7-9,11,16-17,24H,6,10,12-15H2,1-5H3,(H,30,37)(H,29,31,32)/t2*24-/m10/s1. The molecule has 6 aromatic rings. The molecule has 2 aliphatic carbocycles. The minimum atomic E-state index is -0.129. The van der Waals surface area contributed by atoms with E-state index in [-0.39, 0.29) is 23.9 Å². The van der Waals surface area contributed by atoms with Crippen LogP contribution in [0.2, 0.25) is 0 Å². The van der Waals surface area contributed by atoms with Crippen molar-refractivity contribution in [3.63, 3.8) is 0 Å². The zero-order chi connectivity index (χ0) is 53.6. The third-order valence-electron chi connectivity index (χ3n) is 14.7. The molecule has 2 atom stereocenters. The lowest BCUT2D eigenvalue weighted by Gasteiger charge is -2.36. The Morgan fingerprint density at radius 3 is 1.34 bits per heavy atom. The molecule has 76 heavy (non-hydrogen) atoms. The Bertz CT molecular complexity index is 2920. The van der Waals surface area contributed by atoms with Gasteiger partial charge in [0.25, 0.3) is 11.8 Å². The number of nitrogens with zero attached hydrogens (tertiary/aromatic N) is 12. The number of hydrogen-bond acceptors (Lipinski definition) is 16. The van der Waals surface area contributed by atoms with Gasteiger partial charge < -0.3 is 40.5 Å². The van der Waals surface area contributed by atoms with Gasteiger partial charge in [0.2, 0.25) is 23.7 Å². The topological polar surface area (TPSA) is 201 Å². The fourth-order valence-corrected chi connectivity index (χ4v) is 10.5. The Balaban J connectivity index is 0.000000186. The highest BCUT2D eigenvalue weighted by Crippen LogP contribution is 2.39. The maximum absolute atomic E-state index is 13.4. The maximum atomic E-state index is 13.4. The van der Waals surface area contributed by atoms with Crippen molar-refractivity contribution in [2.75, 3.05) is 102 Å². The molecule has 10 rings (SSSR count). The molecule has 20 nitrogen and oxygen atoms in total. The van der Waals surface area contributed by atoms with Gasteiger partial charge in [-0.15, -0.1) is 10.2 Å². The zero-order valence-corrected chi connectivity index (χ0v) is 45.6. The zero-order valence-electron chi connectivity index (χ0n) is 45.6. The van der Waals surface area contributed by atoms with Crippen LogP contribution in [0, 0.1) is 13.8 Å². The van der Waals surface area contributed by atoms with Gasteiger partial charge in [-0.1, -0.05) is 50.3 Å². The van der Waals surface area contributed by atoms with Crippen LogP contribution < -0.4 is 30.7 Å². The molecule has 0 radical (unpaired) electrons. The average molecular weight is 1030 g/mol. The monoisotopic (exact) mass is 1030 g/mol. The second kappa shape index (κ2) is 23.6. The average Bonchev–Trinajstić information content (AvgIpc) is 4.25. The van der Waals surface area contributed by atoms with Crippen molar-refractivity contribution in [3.8, 4) is 11.8 Å². The molecule has 2 aromatic carbocycles. The summed E-state index contributed by atoms with van der Waals surface area (Å²) < 4.78 is 14.1. The van der Waals surface area contributed by atoms with Gasteiger partial charge in [0.15, 0.2) is 0 Å². The van der Waals surface area contributed by atoms with E-state index in [9.17, 15) is 9.59 Å². The fourth-order valence-electron chi connectivity index (χ4n) is 10.5. The van der Waals surface area contributed by atoms with Crippen LogP contribution in [0.5, 0.6) is 11.8 Å².